The summed E-state index contributed by atoms with van der Waals surface area (Å²) in [6.45, 7) is 9.91. The van der Waals surface area contributed by atoms with Gasteiger partial charge in [0.1, 0.15) is 0 Å². The lowest BCUT2D eigenvalue weighted by Gasteiger charge is -2.35. The number of hydrogen-bond acceptors (Lipinski definition) is 3. The Morgan fingerprint density at radius 1 is 1.24 bits per heavy atom. The van der Waals surface area contributed by atoms with E-state index in [1.807, 2.05) is 4.90 Å². The molecule has 4 heteroatoms. The van der Waals surface area contributed by atoms with Gasteiger partial charge in [0.05, 0.1) is 0 Å². The molecule has 100 valence electrons. The molecule has 17 heavy (non-hydrogen) atoms. The molecule has 1 atom stereocenters. The number of nitrogens with zero attached hydrogens (tertiary/aromatic N) is 2. The number of carbonyl (C=O) groups is 1. The Kier molecular flexibility index (Phi) is 6.52. The first-order valence-electron chi connectivity index (χ1n) is 6.91. The minimum Gasteiger partial charge on any atom is -0.340 e. The highest BCUT2D eigenvalue weighted by Gasteiger charge is 2.22. The summed E-state index contributed by atoms with van der Waals surface area (Å²) in [6, 6.07) is 0. The van der Waals surface area contributed by atoms with Crippen molar-refractivity contribution >= 4 is 5.91 Å². The van der Waals surface area contributed by atoms with Gasteiger partial charge in [-0.2, -0.15) is 0 Å². The van der Waals surface area contributed by atoms with Crippen LogP contribution in [0.3, 0.4) is 0 Å². The monoisotopic (exact) mass is 241 g/mol. The molecule has 1 unspecified atom stereocenters. The summed E-state index contributed by atoms with van der Waals surface area (Å²) in [5.41, 5.74) is 5.64. The highest BCUT2D eigenvalue weighted by molar-refractivity contribution is 5.76. The summed E-state index contributed by atoms with van der Waals surface area (Å²) in [7, 11) is 0. The SMILES string of the molecule is CCCN1CCN(C(=O)CC(CC)CN)CC1. The van der Waals surface area contributed by atoms with Crippen molar-refractivity contribution in [3.05, 3.63) is 0 Å². The van der Waals surface area contributed by atoms with Gasteiger partial charge < -0.3 is 10.6 Å². The van der Waals surface area contributed by atoms with E-state index in [1.54, 1.807) is 0 Å². The predicted octanol–water partition coefficient (Wildman–Crippen LogP) is 0.916. The molecule has 0 bridgehead atoms. The number of piperazine rings is 1. The molecule has 1 amide bonds. The van der Waals surface area contributed by atoms with Gasteiger partial charge in [0.2, 0.25) is 5.91 Å². The summed E-state index contributed by atoms with van der Waals surface area (Å²) in [6.07, 6.45) is 2.82. The van der Waals surface area contributed by atoms with Crippen molar-refractivity contribution in [1.82, 2.24) is 9.80 Å². The molecule has 1 aliphatic heterocycles. The predicted molar refractivity (Wildman–Crippen MR) is 70.8 cm³/mol. The molecule has 0 aliphatic carbocycles. The van der Waals surface area contributed by atoms with Gasteiger partial charge in [-0.25, -0.2) is 0 Å². The summed E-state index contributed by atoms with van der Waals surface area (Å²) < 4.78 is 0. The second-order valence-electron chi connectivity index (χ2n) is 4.94. The van der Waals surface area contributed by atoms with Crippen molar-refractivity contribution in [1.29, 1.82) is 0 Å². The minimum absolute atomic E-state index is 0.290. The fourth-order valence-electron chi connectivity index (χ4n) is 2.31. The van der Waals surface area contributed by atoms with Gasteiger partial charge in [-0.05, 0) is 25.4 Å². The summed E-state index contributed by atoms with van der Waals surface area (Å²) in [5.74, 6) is 0.648. The normalized spacial score (nSPS) is 19.4. The minimum atomic E-state index is 0.290. The van der Waals surface area contributed by atoms with Gasteiger partial charge in [0, 0.05) is 32.6 Å². The van der Waals surface area contributed by atoms with Gasteiger partial charge in [0.25, 0.3) is 0 Å². The maximum atomic E-state index is 12.0. The molecule has 0 spiro atoms. The van der Waals surface area contributed by atoms with Gasteiger partial charge >= 0.3 is 0 Å². The highest BCUT2D eigenvalue weighted by Crippen LogP contribution is 2.11. The molecule has 1 saturated heterocycles. The number of hydrogen-bond donors (Lipinski definition) is 1. The standard InChI is InChI=1S/C13H27N3O/c1-3-5-15-6-8-16(9-7-15)13(17)10-12(4-2)11-14/h12H,3-11,14H2,1-2H3. The van der Waals surface area contributed by atoms with Crippen LogP contribution >= 0.6 is 0 Å². The zero-order valence-electron chi connectivity index (χ0n) is 11.3. The Balaban J connectivity index is 2.30. The van der Waals surface area contributed by atoms with Gasteiger partial charge in [0.15, 0.2) is 0 Å². The molecule has 1 heterocycles. The Morgan fingerprint density at radius 3 is 2.35 bits per heavy atom. The number of carbonyl (C=O) groups excluding carboxylic acids is 1. The maximum Gasteiger partial charge on any atom is 0.222 e. The molecular formula is C13H27N3O. The second-order valence-corrected chi connectivity index (χ2v) is 4.94. The average molecular weight is 241 g/mol. The molecule has 0 aromatic rings. The van der Waals surface area contributed by atoms with E-state index in [2.05, 4.69) is 18.7 Å². The third-order valence-corrected chi connectivity index (χ3v) is 3.64. The molecule has 0 radical (unpaired) electrons. The summed E-state index contributed by atoms with van der Waals surface area (Å²) >= 11 is 0. The smallest absolute Gasteiger partial charge is 0.222 e. The molecule has 1 rings (SSSR count). The van der Waals surface area contributed by atoms with E-state index < -0.39 is 0 Å². The van der Waals surface area contributed by atoms with Crippen molar-refractivity contribution in [2.75, 3.05) is 39.3 Å². The summed E-state index contributed by atoms with van der Waals surface area (Å²) in [5, 5.41) is 0. The van der Waals surface area contributed by atoms with Crippen LogP contribution in [0.5, 0.6) is 0 Å². The zero-order valence-corrected chi connectivity index (χ0v) is 11.3. The van der Waals surface area contributed by atoms with Gasteiger partial charge in [-0.3, -0.25) is 9.69 Å². The van der Waals surface area contributed by atoms with Crippen LogP contribution < -0.4 is 5.73 Å². The van der Waals surface area contributed by atoms with Crippen molar-refractivity contribution in [2.24, 2.45) is 11.7 Å². The van der Waals surface area contributed by atoms with Crippen molar-refractivity contribution in [3.8, 4) is 0 Å². The van der Waals surface area contributed by atoms with E-state index >= 15 is 0 Å². The third kappa shape index (κ3) is 4.64. The van der Waals surface area contributed by atoms with Crippen LogP contribution in [0.4, 0.5) is 0 Å². The quantitative estimate of drug-likeness (QED) is 0.752. The fourth-order valence-corrected chi connectivity index (χ4v) is 2.31. The number of rotatable bonds is 6. The van der Waals surface area contributed by atoms with E-state index in [1.165, 1.54) is 6.42 Å². The first-order chi connectivity index (χ1) is 8.21. The third-order valence-electron chi connectivity index (χ3n) is 3.64. The first kappa shape index (κ1) is 14.5. The van der Waals surface area contributed by atoms with Crippen LogP contribution in [-0.4, -0.2) is 55.0 Å². The molecule has 2 N–H and O–H groups in total. The van der Waals surface area contributed by atoms with E-state index in [0.717, 1.165) is 39.1 Å². The molecule has 0 saturated carbocycles. The Morgan fingerprint density at radius 2 is 1.88 bits per heavy atom. The Hall–Kier alpha value is -0.610. The lowest BCUT2D eigenvalue weighted by Crippen LogP contribution is -2.49. The van der Waals surface area contributed by atoms with Gasteiger partial charge in [-0.15, -0.1) is 0 Å². The van der Waals surface area contributed by atoms with Crippen molar-refractivity contribution < 1.29 is 4.79 Å². The van der Waals surface area contributed by atoms with Crippen LogP contribution in [0.25, 0.3) is 0 Å². The topological polar surface area (TPSA) is 49.6 Å². The summed E-state index contributed by atoms with van der Waals surface area (Å²) in [4.78, 5) is 16.5. The molecule has 0 aromatic carbocycles. The van der Waals surface area contributed by atoms with Crippen LogP contribution in [-0.2, 0) is 4.79 Å². The second kappa shape index (κ2) is 7.67. The van der Waals surface area contributed by atoms with Crippen LogP contribution in [0.2, 0.25) is 0 Å². The van der Waals surface area contributed by atoms with Crippen molar-refractivity contribution in [2.45, 2.75) is 33.1 Å². The molecular weight excluding hydrogens is 214 g/mol. The van der Waals surface area contributed by atoms with Crippen LogP contribution in [0.1, 0.15) is 33.1 Å². The van der Waals surface area contributed by atoms with E-state index in [4.69, 9.17) is 5.73 Å². The fraction of sp³-hybridized carbons (Fsp3) is 0.923. The maximum absolute atomic E-state index is 12.0. The lowest BCUT2D eigenvalue weighted by atomic mass is 10.0. The zero-order chi connectivity index (χ0) is 12.7. The van der Waals surface area contributed by atoms with Crippen LogP contribution in [0.15, 0.2) is 0 Å². The molecule has 4 nitrogen and oxygen atoms in total. The van der Waals surface area contributed by atoms with E-state index in [9.17, 15) is 4.79 Å². The van der Waals surface area contributed by atoms with E-state index in [-0.39, 0.29) is 0 Å². The molecule has 1 aliphatic rings. The van der Waals surface area contributed by atoms with Crippen molar-refractivity contribution in [3.63, 3.8) is 0 Å². The van der Waals surface area contributed by atoms with Crippen LogP contribution in [0, 0.1) is 5.92 Å². The molecule has 0 aromatic heterocycles. The molecule has 1 fully saturated rings. The van der Waals surface area contributed by atoms with Gasteiger partial charge in [-0.1, -0.05) is 20.3 Å². The largest absolute Gasteiger partial charge is 0.340 e. The lowest BCUT2D eigenvalue weighted by molar-refractivity contribution is -0.133. The number of amides is 1. The Labute approximate surface area is 105 Å². The first-order valence-corrected chi connectivity index (χ1v) is 6.91. The highest BCUT2D eigenvalue weighted by atomic mass is 16.2. The van der Waals surface area contributed by atoms with E-state index in [0.29, 0.717) is 24.8 Å². The average Bonchev–Trinajstić information content (AvgIpc) is 2.37. The number of nitrogens with two attached hydrogens (primary N) is 1. The Bertz CT molecular complexity index is 221.